The molecule has 0 radical (unpaired) electrons. The molecule has 242 valence electrons. The van der Waals surface area contributed by atoms with Crippen molar-refractivity contribution in [2.45, 2.75) is 13.8 Å². The zero-order valence-electron chi connectivity index (χ0n) is 25.3. The van der Waals surface area contributed by atoms with Crippen molar-refractivity contribution in [3.05, 3.63) is 132 Å². The lowest BCUT2D eigenvalue weighted by Crippen LogP contribution is -2.03. The Kier molecular flexibility index (Phi) is 14.6. The van der Waals surface area contributed by atoms with Crippen LogP contribution in [0.5, 0.6) is 0 Å². The maximum absolute atomic E-state index is 11.4. The summed E-state index contributed by atoms with van der Waals surface area (Å²) in [6.45, 7) is 4.27. The van der Waals surface area contributed by atoms with Crippen molar-refractivity contribution < 1.29 is 29.0 Å². The zero-order chi connectivity index (χ0) is 33.9. The molecule has 0 saturated carbocycles. The van der Waals surface area contributed by atoms with E-state index in [1.807, 2.05) is 42.5 Å². The lowest BCUT2D eigenvalue weighted by Gasteiger charge is -1.98. The molecule has 0 aliphatic rings. The van der Waals surface area contributed by atoms with Crippen LogP contribution in [-0.4, -0.2) is 80.9 Å². The van der Waals surface area contributed by atoms with E-state index in [0.717, 1.165) is 4.60 Å². The number of pyridine rings is 3. The van der Waals surface area contributed by atoms with Crippen LogP contribution in [0.25, 0.3) is 11.6 Å². The Morgan fingerprint density at radius 1 is 0.723 bits per heavy atom. The van der Waals surface area contributed by atoms with Gasteiger partial charge in [-0.1, -0.05) is 18.2 Å². The van der Waals surface area contributed by atoms with Crippen LogP contribution in [0.15, 0.2) is 115 Å². The van der Waals surface area contributed by atoms with Crippen LogP contribution in [0, 0.1) is 0 Å². The molecule has 47 heavy (non-hydrogen) atoms. The highest BCUT2D eigenvalue weighted by Gasteiger charge is 2.10. The molecule has 15 nitrogen and oxygen atoms in total. The number of nitrogens with one attached hydrogen (secondary N) is 1. The number of carbonyl (C=O) groups is 3. The topological polar surface area (TPSA) is 193 Å². The van der Waals surface area contributed by atoms with Gasteiger partial charge in [0, 0.05) is 37.2 Å². The second-order valence-electron chi connectivity index (χ2n) is 8.61. The normalized spacial score (nSPS) is 9.68. The molecule has 0 fully saturated rings. The van der Waals surface area contributed by atoms with Gasteiger partial charge in [0.1, 0.15) is 4.60 Å². The largest absolute Gasteiger partial charge is 0.478 e. The third-order valence-corrected chi connectivity index (χ3v) is 5.80. The minimum atomic E-state index is -0.993. The number of hydrogen-bond acceptors (Lipinski definition) is 11. The van der Waals surface area contributed by atoms with Crippen molar-refractivity contribution >= 4 is 33.8 Å². The average Bonchev–Trinajstić information content (AvgIpc) is 3.90. The fraction of sp³-hybridized carbons (Fsp3) is 0.129. The summed E-state index contributed by atoms with van der Waals surface area (Å²) in [5.41, 5.74) is 1.03. The van der Waals surface area contributed by atoms with Crippen molar-refractivity contribution in [2.24, 2.45) is 0 Å². The summed E-state index contributed by atoms with van der Waals surface area (Å²) in [5.74, 6) is -0.439. The number of hydrogen-bond donors (Lipinski definition) is 2. The number of nitrogens with zero attached hydrogens (tertiary/aromatic N) is 8. The van der Waals surface area contributed by atoms with Crippen LogP contribution in [0.3, 0.4) is 0 Å². The molecule has 0 saturated heterocycles. The molecule has 0 aliphatic carbocycles. The summed E-state index contributed by atoms with van der Waals surface area (Å²) in [4.78, 5) is 44.8. The van der Waals surface area contributed by atoms with Gasteiger partial charge in [-0.15, -0.1) is 0 Å². The lowest BCUT2D eigenvalue weighted by molar-refractivity contribution is 0.0516. The van der Waals surface area contributed by atoms with E-state index >= 15 is 0 Å². The first-order valence-electron chi connectivity index (χ1n) is 13.9. The van der Waals surface area contributed by atoms with Crippen molar-refractivity contribution in [1.82, 2.24) is 44.7 Å². The molecule has 0 spiro atoms. The summed E-state index contributed by atoms with van der Waals surface area (Å²) < 4.78 is 13.4. The van der Waals surface area contributed by atoms with E-state index in [4.69, 9.17) is 9.84 Å². The molecule has 0 bridgehead atoms. The predicted molar refractivity (Wildman–Crippen MR) is 172 cm³/mol. The number of halogens is 1. The van der Waals surface area contributed by atoms with Crippen molar-refractivity contribution in [2.75, 3.05) is 13.2 Å². The summed E-state index contributed by atoms with van der Waals surface area (Å²) in [5, 5.41) is 22.7. The number of carbonyl (C=O) groups excluding carboxylic acids is 2. The Bertz CT molecular complexity index is 1780. The Morgan fingerprint density at radius 3 is 1.62 bits per heavy atom. The van der Waals surface area contributed by atoms with Crippen LogP contribution in [-0.2, 0) is 9.47 Å². The fourth-order valence-electron chi connectivity index (χ4n) is 3.22. The third kappa shape index (κ3) is 12.1. The van der Waals surface area contributed by atoms with E-state index in [1.165, 1.54) is 40.3 Å². The second-order valence-corrected chi connectivity index (χ2v) is 9.42. The molecule has 6 aromatic rings. The molecule has 0 aromatic carbocycles. The molecule has 6 aromatic heterocycles. The second kappa shape index (κ2) is 19.4. The average molecular weight is 705 g/mol. The maximum Gasteiger partial charge on any atom is 0.341 e. The van der Waals surface area contributed by atoms with Gasteiger partial charge in [-0.3, -0.25) is 5.10 Å². The highest BCUT2D eigenvalue weighted by Crippen LogP contribution is 2.06. The first-order chi connectivity index (χ1) is 22.8. The predicted octanol–water partition coefficient (Wildman–Crippen LogP) is 4.84. The highest BCUT2D eigenvalue weighted by atomic mass is 79.9. The quantitative estimate of drug-likeness (QED) is 0.170. The molecule has 0 unspecified atom stereocenters. The first-order valence-corrected chi connectivity index (χ1v) is 14.7. The van der Waals surface area contributed by atoms with Crippen LogP contribution >= 0.6 is 15.9 Å². The van der Waals surface area contributed by atoms with Gasteiger partial charge in [0.15, 0.2) is 11.6 Å². The van der Waals surface area contributed by atoms with Gasteiger partial charge in [0.25, 0.3) is 0 Å². The minimum Gasteiger partial charge on any atom is -0.478 e. The van der Waals surface area contributed by atoms with Gasteiger partial charge in [0.05, 0.1) is 48.5 Å². The van der Waals surface area contributed by atoms with Gasteiger partial charge >= 0.3 is 17.9 Å². The number of esters is 2. The summed E-state index contributed by atoms with van der Waals surface area (Å²) in [7, 11) is 0. The van der Waals surface area contributed by atoms with Gasteiger partial charge < -0.3 is 14.6 Å². The van der Waals surface area contributed by atoms with Crippen molar-refractivity contribution in [1.29, 1.82) is 0 Å². The first kappa shape index (κ1) is 35.4. The van der Waals surface area contributed by atoms with Crippen LogP contribution in [0.4, 0.5) is 0 Å². The molecule has 0 amide bonds. The van der Waals surface area contributed by atoms with Crippen LogP contribution < -0.4 is 0 Å². The van der Waals surface area contributed by atoms with Crippen LogP contribution in [0.2, 0.25) is 0 Å². The van der Waals surface area contributed by atoms with Gasteiger partial charge in [-0.2, -0.15) is 15.3 Å². The number of aromatic nitrogens is 9. The van der Waals surface area contributed by atoms with Gasteiger partial charge in [-0.25, -0.2) is 38.7 Å². The number of H-pyrrole nitrogens is 1. The molecule has 2 N–H and O–H groups in total. The number of carboxylic acid groups (broad SMARTS) is 1. The van der Waals surface area contributed by atoms with Crippen molar-refractivity contribution in [3.63, 3.8) is 0 Å². The van der Waals surface area contributed by atoms with Gasteiger partial charge in [-0.05, 0) is 66.2 Å². The van der Waals surface area contributed by atoms with E-state index in [2.05, 4.69) is 56.0 Å². The third-order valence-electron chi connectivity index (χ3n) is 5.33. The molecule has 16 heteroatoms. The molecule has 6 rings (SSSR count). The number of carboxylic acids is 1. The van der Waals surface area contributed by atoms with E-state index in [9.17, 15) is 14.4 Å². The van der Waals surface area contributed by atoms with Crippen LogP contribution in [0.1, 0.15) is 44.9 Å². The molecular formula is C31H30BrN9O6. The van der Waals surface area contributed by atoms with E-state index in [-0.39, 0.29) is 17.5 Å². The Labute approximate surface area is 277 Å². The Hall–Kier alpha value is -6.03. The summed E-state index contributed by atoms with van der Waals surface area (Å²) >= 11 is 3.20. The SMILES string of the molecule is Brc1ccccn1.CCOC(=O)c1cn[nH]c1.CCOC(=O)c1cnn(-c2ccccn2)c1.O=C(O)c1cnn(-c2ccccn2)c1. The standard InChI is InChI=1S/C11H11N3O2.C9H7N3O2.C6H8N2O2.C5H4BrN/c1-2-16-11(15)9-7-13-14(8-9)10-5-3-4-6-12-10;13-9(14)7-5-11-12(6-7)8-3-1-2-4-10-8;1-2-10-6(9)5-3-7-8-4-5;6-5-3-1-2-4-7-5/h3-8H,2H2,1H3;1-6H,(H,13,14);3-4H,2H2,1H3,(H,7,8);1-4H. The van der Waals surface area contributed by atoms with E-state index < -0.39 is 5.97 Å². The lowest BCUT2D eigenvalue weighted by atomic mass is 10.4. The molecule has 0 aliphatic heterocycles. The van der Waals surface area contributed by atoms with E-state index in [1.54, 1.807) is 50.8 Å². The Morgan fingerprint density at radius 2 is 1.23 bits per heavy atom. The number of aromatic amines is 1. The highest BCUT2D eigenvalue weighted by molar-refractivity contribution is 9.10. The van der Waals surface area contributed by atoms with Gasteiger partial charge in [0.2, 0.25) is 0 Å². The molecule has 0 atom stereocenters. The number of ether oxygens (including phenoxy) is 2. The summed E-state index contributed by atoms with van der Waals surface area (Å²) in [6, 6.07) is 16.5. The maximum atomic E-state index is 11.4. The smallest absolute Gasteiger partial charge is 0.341 e. The molecular weight excluding hydrogens is 674 g/mol. The number of aromatic carboxylic acids is 1. The summed E-state index contributed by atoms with van der Waals surface area (Å²) in [6.07, 6.45) is 13.7. The number of rotatable bonds is 7. The van der Waals surface area contributed by atoms with Crippen molar-refractivity contribution in [3.8, 4) is 11.6 Å². The Balaban J connectivity index is 0.000000177. The van der Waals surface area contributed by atoms with E-state index in [0.29, 0.717) is 36.0 Å². The fourth-order valence-corrected chi connectivity index (χ4v) is 3.49. The minimum absolute atomic E-state index is 0.149. The molecule has 6 heterocycles. The zero-order valence-corrected chi connectivity index (χ0v) is 26.8. The monoisotopic (exact) mass is 703 g/mol.